The minimum atomic E-state index is -0.109. The molecule has 0 saturated heterocycles. The number of benzene rings is 1. The Balaban J connectivity index is 1.67. The first-order valence-electron chi connectivity index (χ1n) is 11.0. The van der Waals surface area contributed by atoms with E-state index in [0.717, 1.165) is 55.3 Å². The number of urea groups is 1. The summed E-state index contributed by atoms with van der Waals surface area (Å²) in [7, 11) is 0. The van der Waals surface area contributed by atoms with Gasteiger partial charge >= 0.3 is 6.03 Å². The molecular formula is C23H35N3O2. The van der Waals surface area contributed by atoms with Crippen molar-refractivity contribution in [2.45, 2.75) is 90.1 Å². The lowest BCUT2D eigenvalue weighted by Gasteiger charge is -2.35. The normalized spacial score (nSPS) is 18.5. The maximum Gasteiger partial charge on any atom is 0.318 e. The number of aryl methyl sites for hydroxylation is 2. The van der Waals surface area contributed by atoms with Crippen LogP contribution in [0.2, 0.25) is 0 Å². The quantitative estimate of drug-likeness (QED) is 0.756. The van der Waals surface area contributed by atoms with Gasteiger partial charge in [0.15, 0.2) is 0 Å². The molecule has 0 radical (unpaired) electrons. The number of hydrogen-bond donors (Lipinski definition) is 2. The average molecular weight is 386 g/mol. The van der Waals surface area contributed by atoms with Gasteiger partial charge in [-0.25, -0.2) is 4.79 Å². The summed E-state index contributed by atoms with van der Waals surface area (Å²) in [5, 5.41) is 6.26. The summed E-state index contributed by atoms with van der Waals surface area (Å²) in [6.45, 7) is 4.12. The van der Waals surface area contributed by atoms with Crippen molar-refractivity contribution >= 4 is 17.6 Å². The van der Waals surface area contributed by atoms with Crippen LogP contribution in [0.4, 0.5) is 10.5 Å². The molecule has 0 aromatic heterocycles. The molecule has 5 heteroatoms. The molecule has 2 aliphatic rings. The van der Waals surface area contributed by atoms with E-state index in [9.17, 15) is 9.59 Å². The number of rotatable bonds is 5. The van der Waals surface area contributed by atoms with Gasteiger partial charge in [-0.15, -0.1) is 0 Å². The van der Waals surface area contributed by atoms with E-state index in [2.05, 4.69) is 10.6 Å². The Bertz CT molecular complexity index is 656. The molecule has 154 valence electrons. The third-order valence-electron chi connectivity index (χ3n) is 6.27. The Morgan fingerprint density at radius 3 is 2.11 bits per heavy atom. The van der Waals surface area contributed by atoms with E-state index in [0.29, 0.717) is 0 Å². The monoisotopic (exact) mass is 385 g/mol. The fraction of sp³-hybridized carbons (Fsp3) is 0.652. The van der Waals surface area contributed by atoms with E-state index < -0.39 is 0 Å². The van der Waals surface area contributed by atoms with E-state index in [1.807, 2.05) is 32.0 Å². The van der Waals surface area contributed by atoms with Gasteiger partial charge in [-0.3, -0.25) is 4.79 Å². The highest BCUT2D eigenvalue weighted by molar-refractivity contribution is 5.95. The molecule has 5 nitrogen and oxygen atoms in total. The van der Waals surface area contributed by atoms with Crippen molar-refractivity contribution in [1.29, 1.82) is 0 Å². The smallest absolute Gasteiger partial charge is 0.318 e. The molecule has 2 N–H and O–H groups in total. The number of carbonyl (C=O) groups excluding carboxylic acids is 2. The first-order valence-corrected chi connectivity index (χ1v) is 11.0. The molecule has 0 spiro atoms. The second-order valence-electron chi connectivity index (χ2n) is 8.52. The lowest BCUT2D eigenvalue weighted by atomic mass is 9.94. The summed E-state index contributed by atoms with van der Waals surface area (Å²) >= 11 is 0. The Labute approximate surface area is 169 Å². The second-order valence-corrected chi connectivity index (χ2v) is 8.52. The molecule has 1 aromatic carbocycles. The van der Waals surface area contributed by atoms with Crippen molar-refractivity contribution in [3.05, 3.63) is 29.3 Å². The van der Waals surface area contributed by atoms with Crippen LogP contribution in [0.25, 0.3) is 0 Å². The van der Waals surface area contributed by atoms with E-state index in [1.54, 1.807) is 4.90 Å². The largest absolute Gasteiger partial charge is 0.335 e. The highest BCUT2D eigenvalue weighted by atomic mass is 16.2. The number of para-hydroxylation sites is 1. The lowest BCUT2D eigenvalue weighted by Crippen LogP contribution is -2.52. The van der Waals surface area contributed by atoms with Gasteiger partial charge in [0.2, 0.25) is 5.91 Å². The van der Waals surface area contributed by atoms with Crippen LogP contribution in [-0.4, -0.2) is 35.5 Å². The molecule has 1 aromatic rings. The molecule has 3 amide bonds. The third kappa shape index (κ3) is 5.49. The molecule has 2 fully saturated rings. The molecule has 0 heterocycles. The lowest BCUT2D eigenvalue weighted by molar-refractivity contribution is -0.117. The summed E-state index contributed by atoms with van der Waals surface area (Å²) in [4.78, 5) is 27.7. The predicted octanol–water partition coefficient (Wildman–Crippen LogP) is 4.92. The Morgan fingerprint density at radius 1 is 0.929 bits per heavy atom. The van der Waals surface area contributed by atoms with Crippen LogP contribution in [0.3, 0.4) is 0 Å². The van der Waals surface area contributed by atoms with Crippen molar-refractivity contribution in [2.75, 3.05) is 11.9 Å². The fourth-order valence-electron chi connectivity index (χ4n) is 4.61. The summed E-state index contributed by atoms with van der Waals surface area (Å²) in [6, 6.07) is 6.35. The van der Waals surface area contributed by atoms with Crippen molar-refractivity contribution in [1.82, 2.24) is 10.2 Å². The van der Waals surface area contributed by atoms with E-state index in [-0.39, 0.29) is 30.6 Å². The number of carbonyl (C=O) groups is 2. The number of nitrogens with one attached hydrogen (secondary N) is 2. The molecule has 0 bridgehead atoms. The Hall–Kier alpha value is -2.04. The van der Waals surface area contributed by atoms with Crippen molar-refractivity contribution in [2.24, 2.45) is 0 Å². The zero-order valence-corrected chi connectivity index (χ0v) is 17.4. The van der Waals surface area contributed by atoms with Crippen LogP contribution in [0.1, 0.15) is 75.3 Å². The predicted molar refractivity (Wildman–Crippen MR) is 114 cm³/mol. The van der Waals surface area contributed by atoms with Gasteiger partial charge in [0.05, 0.1) is 0 Å². The van der Waals surface area contributed by atoms with Gasteiger partial charge in [-0.1, -0.05) is 56.7 Å². The van der Waals surface area contributed by atoms with Crippen molar-refractivity contribution in [3.63, 3.8) is 0 Å². The van der Waals surface area contributed by atoms with E-state index in [4.69, 9.17) is 0 Å². The Morgan fingerprint density at radius 2 is 1.50 bits per heavy atom. The van der Waals surface area contributed by atoms with Crippen LogP contribution in [0.5, 0.6) is 0 Å². The number of nitrogens with zero attached hydrogens (tertiary/aromatic N) is 1. The summed E-state index contributed by atoms with van der Waals surface area (Å²) in [5.74, 6) is -0.109. The average Bonchev–Trinajstić information content (AvgIpc) is 2.70. The molecule has 3 rings (SSSR count). The maximum absolute atomic E-state index is 13.1. The highest BCUT2D eigenvalue weighted by Gasteiger charge is 2.29. The van der Waals surface area contributed by atoms with Gasteiger partial charge in [0.1, 0.15) is 6.54 Å². The first-order chi connectivity index (χ1) is 13.5. The van der Waals surface area contributed by atoms with Crippen molar-refractivity contribution in [3.8, 4) is 0 Å². The number of amides is 3. The van der Waals surface area contributed by atoms with Crippen molar-refractivity contribution < 1.29 is 9.59 Å². The first kappa shape index (κ1) is 20.7. The zero-order valence-electron chi connectivity index (χ0n) is 17.4. The maximum atomic E-state index is 13.1. The SMILES string of the molecule is Cc1cccc(C)c1NC(=O)CN(C(=O)NC1CCCCC1)C1CCCCC1. The van der Waals surface area contributed by atoms with Crippen LogP contribution >= 0.6 is 0 Å². The third-order valence-corrected chi connectivity index (χ3v) is 6.27. The molecular weight excluding hydrogens is 350 g/mol. The Kier molecular flexibility index (Phi) is 7.35. The zero-order chi connectivity index (χ0) is 19.9. The summed E-state index contributed by atoms with van der Waals surface area (Å²) in [6.07, 6.45) is 11.2. The summed E-state index contributed by atoms with van der Waals surface area (Å²) in [5.41, 5.74) is 2.96. The molecule has 28 heavy (non-hydrogen) atoms. The molecule has 2 aliphatic carbocycles. The minimum Gasteiger partial charge on any atom is -0.335 e. The second kappa shape index (κ2) is 9.94. The fourth-order valence-corrected chi connectivity index (χ4v) is 4.61. The topological polar surface area (TPSA) is 61.4 Å². The summed E-state index contributed by atoms with van der Waals surface area (Å²) < 4.78 is 0. The van der Waals surface area contributed by atoms with E-state index in [1.165, 1.54) is 25.7 Å². The van der Waals surface area contributed by atoms with Gasteiger partial charge in [0, 0.05) is 17.8 Å². The van der Waals surface area contributed by atoms with E-state index >= 15 is 0 Å². The highest BCUT2D eigenvalue weighted by Crippen LogP contribution is 2.24. The molecule has 2 saturated carbocycles. The molecule has 0 atom stereocenters. The van der Waals surface area contributed by atoms with Crippen LogP contribution in [0, 0.1) is 13.8 Å². The number of hydrogen-bond acceptors (Lipinski definition) is 2. The van der Waals surface area contributed by atoms with Crippen LogP contribution < -0.4 is 10.6 Å². The molecule has 0 aliphatic heterocycles. The van der Waals surface area contributed by atoms with Gasteiger partial charge < -0.3 is 15.5 Å². The van der Waals surface area contributed by atoms with Gasteiger partial charge in [-0.05, 0) is 50.7 Å². The van der Waals surface area contributed by atoms with Gasteiger partial charge in [-0.2, -0.15) is 0 Å². The minimum absolute atomic E-state index is 0.0598. The standard InChI is InChI=1S/C23H35N3O2/c1-17-10-9-11-18(2)22(17)25-21(27)16-26(20-14-7-4-8-15-20)23(28)24-19-12-5-3-6-13-19/h9-11,19-20H,3-8,12-16H2,1-2H3,(H,24,28)(H,25,27). The van der Waals surface area contributed by atoms with Crippen LogP contribution in [-0.2, 0) is 4.79 Å². The number of anilines is 1. The van der Waals surface area contributed by atoms with Gasteiger partial charge in [0.25, 0.3) is 0 Å². The molecule has 0 unspecified atom stereocenters. The van der Waals surface area contributed by atoms with Crippen LogP contribution in [0.15, 0.2) is 18.2 Å².